The van der Waals surface area contributed by atoms with Crippen LogP contribution in [0.25, 0.3) is 0 Å². The van der Waals surface area contributed by atoms with E-state index in [1.54, 1.807) is 0 Å². The molecule has 1 heterocycles. The van der Waals surface area contributed by atoms with Gasteiger partial charge in [0.15, 0.2) is 5.75 Å². The van der Waals surface area contributed by atoms with Crippen molar-refractivity contribution in [1.29, 1.82) is 0 Å². The molecule has 8 heteroatoms. The maximum absolute atomic E-state index is 11.4. The third-order valence-electron chi connectivity index (χ3n) is 2.75. The van der Waals surface area contributed by atoms with Crippen LogP contribution in [0.2, 0.25) is 0 Å². The van der Waals surface area contributed by atoms with Crippen LogP contribution in [0.3, 0.4) is 0 Å². The lowest BCUT2D eigenvalue weighted by atomic mass is 10.2. The minimum atomic E-state index is -1.13. The van der Waals surface area contributed by atoms with E-state index in [1.807, 2.05) is 0 Å². The van der Waals surface area contributed by atoms with Crippen LogP contribution in [0.4, 0.5) is 0 Å². The van der Waals surface area contributed by atoms with Crippen LogP contribution in [-0.2, 0) is 16.1 Å². The highest BCUT2D eigenvalue weighted by molar-refractivity contribution is 5.71. The van der Waals surface area contributed by atoms with E-state index >= 15 is 0 Å². The minimum Gasteiger partial charge on any atom is -0.503 e. The average Bonchev–Trinajstić information content (AvgIpc) is 2.31. The van der Waals surface area contributed by atoms with Crippen molar-refractivity contribution in [2.24, 2.45) is 0 Å². The van der Waals surface area contributed by atoms with Crippen LogP contribution in [0.15, 0.2) is 17.1 Å². The van der Waals surface area contributed by atoms with Gasteiger partial charge in [0.25, 0.3) is 0 Å². The first-order chi connectivity index (χ1) is 9.22. The molecule has 0 fully saturated rings. The van der Waals surface area contributed by atoms with E-state index in [9.17, 15) is 19.5 Å². The molecule has 0 aromatic carbocycles. The summed E-state index contributed by atoms with van der Waals surface area (Å²) in [5, 5.41) is 27.1. The maximum Gasteiger partial charge on any atom is 0.326 e. The van der Waals surface area contributed by atoms with Gasteiger partial charge in [-0.05, 0) is 14.0 Å². The fraction of sp³-hybridized carbons (Fsp3) is 0.417. The molecule has 0 aliphatic heterocycles. The Morgan fingerprint density at radius 3 is 2.50 bits per heavy atom. The van der Waals surface area contributed by atoms with Gasteiger partial charge in [0, 0.05) is 18.3 Å². The number of hydrogen-bond acceptors (Lipinski definition) is 5. The molecule has 8 nitrogen and oxygen atoms in total. The van der Waals surface area contributed by atoms with Gasteiger partial charge >= 0.3 is 11.9 Å². The SMILES string of the molecule is CC(C(=O)O)n1cc(O)c(=O)cc1CN(C)CC(=O)O. The summed E-state index contributed by atoms with van der Waals surface area (Å²) in [4.78, 5) is 34.5. The Balaban J connectivity index is 3.16. The largest absolute Gasteiger partial charge is 0.503 e. The molecule has 1 aromatic heterocycles. The van der Waals surface area contributed by atoms with E-state index in [1.165, 1.54) is 23.4 Å². The summed E-state index contributed by atoms with van der Waals surface area (Å²) in [7, 11) is 1.53. The van der Waals surface area contributed by atoms with Crippen LogP contribution in [0.1, 0.15) is 18.7 Å². The van der Waals surface area contributed by atoms with Crippen LogP contribution < -0.4 is 5.43 Å². The van der Waals surface area contributed by atoms with Crippen molar-refractivity contribution < 1.29 is 24.9 Å². The normalized spacial score (nSPS) is 12.3. The van der Waals surface area contributed by atoms with Gasteiger partial charge in [-0.1, -0.05) is 0 Å². The summed E-state index contributed by atoms with van der Waals surface area (Å²) < 4.78 is 1.23. The lowest BCUT2D eigenvalue weighted by Crippen LogP contribution is -2.29. The summed E-state index contributed by atoms with van der Waals surface area (Å²) in [6, 6.07) is 0.113. The number of aromatic nitrogens is 1. The smallest absolute Gasteiger partial charge is 0.326 e. The number of rotatable bonds is 6. The first kappa shape index (κ1) is 15.7. The fourth-order valence-corrected chi connectivity index (χ4v) is 1.75. The van der Waals surface area contributed by atoms with Gasteiger partial charge in [0.05, 0.1) is 12.7 Å². The number of likely N-dealkylation sites (N-methyl/N-ethyl adjacent to an activating group) is 1. The third kappa shape index (κ3) is 3.82. The molecule has 1 rings (SSSR count). The first-order valence-electron chi connectivity index (χ1n) is 5.79. The Hall–Kier alpha value is -2.35. The maximum atomic E-state index is 11.4. The molecule has 0 aliphatic carbocycles. The van der Waals surface area contributed by atoms with E-state index in [0.29, 0.717) is 5.69 Å². The van der Waals surface area contributed by atoms with Crippen molar-refractivity contribution in [1.82, 2.24) is 9.47 Å². The van der Waals surface area contributed by atoms with Gasteiger partial charge in [-0.25, -0.2) is 4.79 Å². The molecule has 20 heavy (non-hydrogen) atoms. The highest BCUT2D eigenvalue weighted by atomic mass is 16.4. The van der Waals surface area contributed by atoms with Crippen molar-refractivity contribution in [3.8, 4) is 5.75 Å². The van der Waals surface area contributed by atoms with Crippen molar-refractivity contribution in [2.75, 3.05) is 13.6 Å². The monoisotopic (exact) mass is 284 g/mol. The minimum absolute atomic E-state index is 0.0689. The molecule has 0 aliphatic rings. The number of hydrogen-bond donors (Lipinski definition) is 3. The topological polar surface area (TPSA) is 120 Å². The molecule has 0 saturated carbocycles. The second-order valence-electron chi connectivity index (χ2n) is 4.50. The Morgan fingerprint density at radius 1 is 1.40 bits per heavy atom. The number of aromatic hydroxyl groups is 1. The van der Waals surface area contributed by atoms with Gasteiger partial charge in [0.2, 0.25) is 5.43 Å². The molecule has 0 amide bonds. The Kier molecular flexibility index (Phi) is 4.87. The van der Waals surface area contributed by atoms with Gasteiger partial charge in [0.1, 0.15) is 6.04 Å². The Labute approximate surface area is 114 Å². The summed E-state index contributed by atoms with van der Waals surface area (Å²) >= 11 is 0. The second-order valence-corrected chi connectivity index (χ2v) is 4.50. The van der Waals surface area contributed by atoms with Gasteiger partial charge in [-0.15, -0.1) is 0 Å². The predicted octanol–water partition coefficient (Wildman–Crippen LogP) is -0.284. The lowest BCUT2D eigenvalue weighted by Gasteiger charge is -2.21. The van der Waals surface area contributed by atoms with Gasteiger partial charge in [-0.3, -0.25) is 14.5 Å². The molecule has 1 aromatic rings. The van der Waals surface area contributed by atoms with E-state index in [4.69, 9.17) is 10.2 Å². The highest BCUT2D eigenvalue weighted by Gasteiger charge is 2.18. The summed E-state index contributed by atoms with van der Waals surface area (Å²) in [6.45, 7) is 1.21. The summed E-state index contributed by atoms with van der Waals surface area (Å²) in [6.07, 6.45) is 1.05. The number of carbonyl (C=O) groups is 2. The van der Waals surface area contributed by atoms with Crippen molar-refractivity contribution in [3.63, 3.8) is 0 Å². The summed E-state index contributed by atoms with van der Waals surface area (Å²) in [5.74, 6) is -2.72. The zero-order valence-electron chi connectivity index (χ0n) is 11.1. The van der Waals surface area contributed by atoms with Crippen molar-refractivity contribution in [3.05, 3.63) is 28.2 Å². The summed E-state index contributed by atoms with van der Waals surface area (Å²) in [5.41, 5.74) is -0.330. The second kappa shape index (κ2) is 6.20. The number of nitrogens with zero attached hydrogens (tertiary/aromatic N) is 2. The van der Waals surface area contributed by atoms with E-state index in [2.05, 4.69) is 0 Å². The average molecular weight is 284 g/mol. The molecule has 0 radical (unpaired) electrons. The Morgan fingerprint density at radius 2 is 2.00 bits per heavy atom. The molecule has 0 saturated heterocycles. The van der Waals surface area contributed by atoms with Crippen LogP contribution in [0.5, 0.6) is 5.75 Å². The molecule has 1 atom stereocenters. The number of carboxylic acids is 2. The number of aliphatic carboxylic acids is 2. The molecule has 1 unspecified atom stereocenters. The van der Waals surface area contributed by atoms with Crippen molar-refractivity contribution in [2.45, 2.75) is 19.5 Å². The van der Waals surface area contributed by atoms with Crippen LogP contribution >= 0.6 is 0 Å². The Bertz CT molecular complexity index is 580. The molecule has 110 valence electrons. The van der Waals surface area contributed by atoms with E-state index in [0.717, 1.165) is 12.3 Å². The van der Waals surface area contributed by atoms with E-state index < -0.39 is 29.2 Å². The van der Waals surface area contributed by atoms with Crippen LogP contribution in [-0.4, -0.2) is 50.3 Å². The van der Waals surface area contributed by atoms with Gasteiger partial charge < -0.3 is 19.9 Å². The number of carboxylic acid groups (broad SMARTS) is 2. The van der Waals surface area contributed by atoms with E-state index in [-0.39, 0.29) is 13.1 Å². The zero-order chi connectivity index (χ0) is 15.4. The molecule has 0 bridgehead atoms. The molecular weight excluding hydrogens is 268 g/mol. The van der Waals surface area contributed by atoms with Gasteiger partial charge in [-0.2, -0.15) is 0 Å². The molecular formula is C12H16N2O6. The quantitative estimate of drug-likeness (QED) is 0.656. The third-order valence-corrected chi connectivity index (χ3v) is 2.75. The fourth-order valence-electron chi connectivity index (χ4n) is 1.75. The lowest BCUT2D eigenvalue weighted by molar-refractivity contribution is -0.141. The highest BCUT2D eigenvalue weighted by Crippen LogP contribution is 2.14. The number of pyridine rings is 1. The zero-order valence-corrected chi connectivity index (χ0v) is 11.1. The van der Waals surface area contributed by atoms with Crippen molar-refractivity contribution >= 4 is 11.9 Å². The molecule has 3 N–H and O–H groups in total. The molecule has 0 spiro atoms. The standard InChI is InChI=1S/C12H16N2O6/c1-7(12(19)20)14-5-10(16)9(15)3-8(14)4-13(2)6-11(17)18/h3,5,7,16H,4,6H2,1-2H3,(H,17,18)(H,19,20). The first-order valence-corrected chi connectivity index (χ1v) is 5.79. The predicted molar refractivity (Wildman–Crippen MR) is 68.7 cm³/mol. The van der Waals surface area contributed by atoms with Crippen LogP contribution in [0, 0.1) is 0 Å².